The lowest BCUT2D eigenvalue weighted by Crippen LogP contribution is -2.28. The third-order valence-corrected chi connectivity index (χ3v) is 4.97. The Balaban J connectivity index is 2.01. The molecule has 1 aliphatic heterocycles. The molecule has 0 bridgehead atoms. The summed E-state index contributed by atoms with van der Waals surface area (Å²) in [5.41, 5.74) is 2.09. The number of hydrogen-bond acceptors (Lipinski definition) is 5. The standard InChI is InChI=1S/C13H22N4S/c1-4-10-11(5-2)16-17-12(15-10)14-9-13(3)7-6-8-18-13/h4-9H2,1-3H3,(H,14,15,17). The number of nitrogens with one attached hydrogen (secondary N) is 1. The number of hydrogen-bond donors (Lipinski definition) is 1. The monoisotopic (exact) mass is 266 g/mol. The van der Waals surface area contributed by atoms with Gasteiger partial charge in [0.05, 0.1) is 11.4 Å². The van der Waals surface area contributed by atoms with E-state index in [2.05, 4.69) is 41.3 Å². The Hall–Kier alpha value is -0.840. The van der Waals surface area contributed by atoms with Crippen molar-refractivity contribution in [1.29, 1.82) is 0 Å². The number of aryl methyl sites for hydroxylation is 2. The first kappa shape index (κ1) is 13.6. The van der Waals surface area contributed by atoms with E-state index >= 15 is 0 Å². The minimum Gasteiger partial charge on any atom is -0.352 e. The molecule has 1 aliphatic rings. The summed E-state index contributed by atoms with van der Waals surface area (Å²) in [5.74, 6) is 1.95. The minimum atomic E-state index is 0.333. The van der Waals surface area contributed by atoms with Gasteiger partial charge in [0.25, 0.3) is 0 Å². The van der Waals surface area contributed by atoms with Crippen molar-refractivity contribution in [3.05, 3.63) is 11.4 Å². The van der Waals surface area contributed by atoms with Crippen molar-refractivity contribution in [2.75, 3.05) is 17.6 Å². The van der Waals surface area contributed by atoms with Crippen LogP contribution in [-0.4, -0.2) is 32.2 Å². The highest BCUT2D eigenvalue weighted by Gasteiger charge is 2.29. The summed E-state index contributed by atoms with van der Waals surface area (Å²) < 4.78 is 0.333. The van der Waals surface area contributed by atoms with Crippen LogP contribution < -0.4 is 5.32 Å². The molecule has 1 aromatic heterocycles. The van der Waals surface area contributed by atoms with Crippen molar-refractivity contribution >= 4 is 17.7 Å². The molecule has 5 heteroatoms. The second-order valence-corrected chi connectivity index (χ2v) is 6.67. The van der Waals surface area contributed by atoms with E-state index in [1.54, 1.807) is 0 Å². The van der Waals surface area contributed by atoms with Crippen LogP contribution in [-0.2, 0) is 12.8 Å². The van der Waals surface area contributed by atoms with Crippen molar-refractivity contribution in [3.63, 3.8) is 0 Å². The van der Waals surface area contributed by atoms with Crippen LogP contribution in [0, 0.1) is 0 Å². The SMILES string of the molecule is CCc1nnc(NCC2(C)CCCS2)nc1CC. The van der Waals surface area contributed by atoms with Crippen LogP contribution in [0.2, 0.25) is 0 Å². The van der Waals surface area contributed by atoms with Gasteiger partial charge in [-0.3, -0.25) is 0 Å². The second kappa shape index (κ2) is 5.87. The highest BCUT2D eigenvalue weighted by molar-refractivity contribution is 8.00. The maximum absolute atomic E-state index is 4.56. The molecule has 1 unspecified atom stereocenters. The largest absolute Gasteiger partial charge is 0.352 e. The smallest absolute Gasteiger partial charge is 0.243 e. The Morgan fingerprint density at radius 1 is 1.22 bits per heavy atom. The van der Waals surface area contributed by atoms with Gasteiger partial charge in [-0.25, -0.2) is 4.98 Å². The number of rotatable bonds is 5. The summed E-state index contributed by atoms with van der Waals surface area (Å²) in [6.45, 7) is 7.44. The quantitative estimate of drug-likeness (QED) is 0.888. The molecule has 0 amide bonds. The van der Waals surface area contributed by atoms with E-state index < -0.39 is 0 Å². The molecule has 1 fully saturated rings. The average Bonchev–Trinajstić information content (AvgIpc) is 2.83. The van der Waals surface area contributed by atoms with Gasteiger partial charge in [0.1, 0.15) is 0 Å². The number of nitrogens with zero attached hydrogens (tertiary/aromatic N) is 3. The first-order valence-corrected chi connectivity index (χ1v) is 7.75. The maximum Gasteiger partial charge on any atom is 0.243 e. The lowest BCUT2D eigenvalue weighted by Gasteiger charge is -2.22. The van der Waals surface area contributed by atoms with Gasteiger partial charge in [0.15, 0.2) is 0 Å². The molecule has 100 valence electrons. The van der Waals surface area contributed by atoms with Gasteiger partial charge < -0.3 is 5.32 Å². The molecule has 1 atom stereocenters. The van der Waals surface area contributed by atoms with Gasteiger partial charge in [0, 0.05) is 11.3 Å². The van der Waals surface area contributed by atoms with Crippen LogP contribution in [0.1, 0.15) is 45.0 Å². The summed E-state index contributed by atoms with van der Waals surface area (Å²) in [4.78, 5) is 4.56. The first-order valence-electron chi connectivity index (χ1n) is 6.77. The van der Waals surface area contributed by atoms with Gasteiger partial charge in [0.2, 0.25) is 5.95 Å². The van der Waals surface area contributed by atoms with Gasteiger partial charge in [-0.1, -0.05) is 13.8 Å². The van der Waals surface area contributed by atoms with Crippen LogP contribution in [0.15, 0.2) is 0 Å². The number of anilines is 1. The molecular weight excluding hydrogens is 244 g/mol. The Morgan fingerprint density at radius 3 is 2.61 bits per heavy atom. The van der Waals surface area contributed by atoms with E-state index in [0.29, 0.717) is 10.7 Å². The summed E-state index contributed by atoms with van der Waals surface area (Å²) in [7, 11) is 0. The fourth-order valence-corrected chi connectivity index (χ4v) is 3.50. The highest BCUT2D eigenvalue weighted by Crippen LogP contribution is 2.37. The highest BCUT2D eigenvalue weighted by atomic mass is 32.2. The topological polar surface area (TPSA) is 50.7 Å². The molecule has 0 aliphatic carbocycles. The lowest BCUT2D eigenvalue weighted by molar-refractivity contribution is 0.630. The number of thioether (sulfide) groups is 1. The maximum atomic E-state index is 4.56. The van der Waals surface area contributed by atoms with E-state index in [4.69, 9.17) is 0 Å². The molecule has 0 saturated carbocycles. The summed E-state index contributed by atoms with van der Waals surface area (Å²) in [6, 6.07) is 0. The van der Waals surface area contributed by atoms with E-state index in [-0.39, 0.29) is 0 Å². The summed E-state index contributed by atoms with van der Waals surface area (Å²) in [6.07, 6.45) is 4.40. The number of aromatic nitrogens is 3. The van der Waals surface area contributed by atoms with E-state index in [9.17, 15) is 0 Å². The van der Waals surface area contributed by atoms with Gasteiger partial charge in [-0.15, -0.1) is 5.10 Å². The Morgan fingerprint density at radius 2 is 2.00 bits per heavy atom. The van der Waals surface area contributed by atoms with Gasteiger partial charge in [-0.05, 0) is 38.4 Å². The fraction of sp³-hybridized carbons (Fsp3) is 0.769. The third-order valence-electron chi connectivity index (χ3n) is 3.43. The molecule has 0 aromatic carbocycles. The van der Waals surface area contributed by atoms with Crippen molar-refractivity contribution in [1.82, 2.24) is 15.2 Å². The van der Waals surface area contributed by atoms with E-state index in [0.717, 1.165) is 30.8 Å². The zero-order valence-electron chi connectivity index (χ0n) is 11.5. The van der Waals surface area contributed by atoms with E-state index in [1.165, 1.54) is 18.6 Å². The molecule has 4 nitrogen and oxygen atoms in total. The Labute approximate surface area is 113 Å². The van der Waals surface area contributed by atoms with Crippen LogP contribution in [0.25, 0.3) is 0 Å². The molecule has 0 spiro atoms. The van der Waals surface area contributed by atoms with Crippen LogP contribution in [0.4, 0.5) is 5.95 Å². The predicted octanol–water partition coefficient (Wildman–Crippen LogP) is 2.69. The summed E-state index contributed by atoms with van der Waals surface area (Å²) in [5, 5.41) is 11.8. The minimum absolute atomic E-state index is 0.333. The zero-order chi connectivity index (χ0) is 13.0. The molecule has 18 heavy (non-hydrogen) atoms. The summed E-state index contributed by atoms with van der Waals surface area (Å²) >= 11 is 2.04. The molecule has 1 N–H and O–H groups in total. The fourth-order valence-electron chi connectivity index (χ4n) is 2.26. The average molecular weight is 266 g/mol. The normalized spacial score (nSPS) is 23.3. The van der Waals surface area contributed by atoms with Crippen molar-refractivity contribution in [3.8, 4) is 0 Å². The van der Waals surface area contributed by atoms with Crippen LogP contribution in [0.3, 0.4) is 0 Å². The zero-order valence-corrected chi connectivity index (χ0v) is 12.3. The van der Waals surface area contributed by atoms with Crippen LogP contribution >= 0.6 is 11.8 Å². The Kier molecular flexibility index (Phi) is 4.43. The van der Waals surface area contributed by atoms with Crippen molar-refractivity contribution in [2.24, 2.45) is 0 Å². The van der Waals surface area contributed by atoms with Crippen molar-refractivity contribution < 1.29 is 0 Å². The molecule has 0 radical (unpaired) electrons. The Bertz CT molecular complexity index is 402. The molecule has 2 rings (SSSR count). The molecule has 2 heterocycles. The lowest BCUT2D eigenvalue weighted by atomic mass is 10.1. The predicted molar refractivity (Wildman–Crippen MR) is 77.2 cm³/mol. The molecule has 1 saturated heterocycles. The second-order valence-electron chi connectivity index (χ2n) is 4.99. The van der Waals surface area contributed by atoms with Gasteiger partial charge in [-0.2, -0.15) is 16.9 Å². The van der Waals surface area contributed by atoms with Crippen LogP contribution in [0.5, 0.6) is 0 Å². The van der Waals surface area contributed by atoms with Crippen molar-refractivity contribution in [2.45, 2.75) is 51.2 Å². The van der Waals surface area contributed by atoms with Gasteiger partial charge >= 0.3 is 0 Å². The third kappa shape index (κ3) is 3.13. The molecular formula is C13H22N4S. The molecule has 1 aromatic rings. The first-order chi connectivity index (χ1) is 8.67. The van der Waals surface area contributed by atoms with E-state index in [1.807, 2.05) is 11.8 Å².